The third-order valence-corrected chi connectivity index (χ3v) is 4.79. The number of amides is 1. The number of carbonyl (C=O) groups excluding carboxylic acids is 1. The second-order valence-corrected chi connectivity index (χ2v) is 7.24. The van der Waals surface area contributed by atoms with Crippen molar-refractivity contribution >= 4 is 17.7 Å². The number of hydrogen-bond donors (Lipinski definition) is 2. The molecule has 1 atom stereocenters. The highest BCUT2D eigenvalue weighted by Gasteiger charge is 2.15. The van der Waals surface area contributed by atoms with E-state index in [9.17, 15) is 9.59 Å². The van der Waals surface area contributed by atoms with Crippen LogP contribution in [-0.4, -0.2) is 47.2 Å². The number of nitrogens with one attached hydrogen (secondary N) is 2. The molecule has 6 nitrogen and oxygen atoms in total. The van der Waals surface area contributed by atoms with Crippen molar-refractivity contribution in [2.75, 3.05) is 26.4 Å². The summed E-state index contributed by atoms with van der Waals surface area (Å²) in [5, 5.41) is 3.46. The molecule has 1 aromatic carbocycles. The fourth-order valence-corrected chi connectivity index (χ4v) is 3.33. The maximum absolute atomic E-state index is 12.2. The summed E-state index contributed by atoms with van der Waals surface area (Å²) in [5.41, 5.74) is 1.74. The van der Waals surface area contributed by atoms with Crippen LogP contribution in [0.3, 0.4) is 0 Å². The van der Waals surface area contributed by atoms with E-state index in [1.54, 1.807) is 0 Å². The van der Waals surface area contributed by atoms with Crippen LogP contribution in [0, 0.1) is 0 Å². The summed E-state index contributed by atoms with van der Waals surface area (Å²) in [6, 6.07) is 11.7. The second-order valence-electron chi connectivity index (χ2n) is 6.27. The molecule has 0 unspecified atom stereocenters. The predicted molar refractivity (Wildman–Crippen MR) is 105 cm³/mol. The Kier molecular flexibility index (Phi) is 7.87. The van der Waals surface area contributed by atoms with Gasteiger partial charge in [0.25, 0.3) is 5.56 Å². The number of aromatic nitrogens is 2. The van der Waals surface area contributed by atoms with Crippen molar-refractivity contribution in [3.63, 3.8) is 0 Å². The SMILES string of the molecule is CCCc1cc(=O)[nH]c(SCC(=O)NC[C@H](c2ccccc2)N(C)C)n1. The molecule has 2 rings (SSSR count). The molecule has 1 heterocycles. The van der Waals surface area contributed by atoms with Gasteiger partial charge in [-0.05, 0) is 26.1 Å². The molecule has 1 amide bonds. The van der Waals surface area contributed by atoms with E-state index in [0.29, 0.717) is 11.7 Å². The molecule has 2 aromatic rings. The summed E-state index contributed by atoms with van der Waals surface area (Å²) in [4.78, 5) is 33.0. The van der Waals surface area contributed by atoms with Crippen molar-refractivity contribution in [3.05, 3.63) is 58.0 Å². The molecule has 0 radical (unpaired) electrons. The first-order valence-electron chi connectivity index (χ1n) is 8.70. The fraction of sp³-hybridized carbons (Fsp3) is 0.421. The zero-order chi connectivity index (χ0) is 18.9. The summed E-state index contributed by atoms with van der Waals surface area (Å²) in [7, 11) is 3.99. The Morgan fingerprint density at radius 3 is 2.69 bits per heavy atom. The standard InChI is InChI=1S/C19H26N4O2S/c1-4-8-15-11-17(24)22-19(21-15)26-13-18(25)20-12-16(23(2)3)14-9-6-5-7-10-14/h5-7,9-11,16H,4,8,12-13H2,1-3H3,(H,20,25)(H,21,22,24)/t16-/m1/s1. The molecule has 0 saturated carbocycles. The highest BCUT2D eigenvalue weighted by atomic mass is 32.2. The van der Waals surface area contributed by atoms with Crippen LogP contribution in [0.1, 0.15) is 30.6 Å². The van der Waals surface area contributed by atoms with Gasteiger partial charge in [-0.15, -0.1) is 0 Å². The topological polar surface area (TPSA) is 78.1 Å². The van der Waals surface area contributed by atoms with Gasteiger partial charge in [-0.1, -0.05) is 55.4 Å². The lowest BCUT2D eigenvalue weighted by Gasteiger charge is -2.25. The molecule has 140 valence electrons. The van der Waals surface area contributed by atoms with Crippen LogP contribution in [0.5, 0.6) is 0 Å². The number of hydrogen-bond acceptors (Lipinski definition) is 5. The molecule has 0 aliphatic carbocycles. The second kappa shape index (κ2) is 10.1. The zero-order valence-electron chi connectivity index (χ0n) is 15.5. The van der Waals surface area contributed by atoms with Crippen molar-refractivity contribution in [3.8, 4) is 0 Å². The van der Waals surface area contributed by atoms with Gasteiger partial charge in [0, 0.05) is 18.3 Å². The summed E-state index contributed by atoms with van der Waals surface area (Å²) in [6.07, 6.45) is 1.68. The molecule has 0 aliphatic heterocycles. The van der Waals surface area contributed by atoms with E-state index in [4.69, 9.17) is 0 Å². The van der Waals surface area contributed by atoms with E-state index in [1.807, 2.05) is 39.2 Å². The molecule has 0 fully saturated rings. The number of benzene rings is 1. The van der Waals surface area contributed by atoms with Gasteiger partial charge in [-0.3, -0.25) is 9.59 Å². The summed E-state index contributed by atoms with van der Waals surface area (Å²) >= 11 is 1.25. The Morgan fingerprint density at radius 1 is 1.31 bits per heavy atom. The zero-order valence-corrected chi connectivity index (χ0v) is 16.3. The Labute approximate surface area is 158 Å². The maximum Gasteiger partial charge on any atom is 0.251 e. The van der Waals surface area contributed by atoms with Gasteiger partial charge >= 0.3 is 0 Å². The van der Waals surface area contributed by atoms with Crippen molar-refractivity contribution in [2.24, 2.45) is 0 Å². The first-order valence-corrected chi connectivity index (χ1v) is 9.69. The van der Waals surface area contributed by atoms with Crippen molar-refractivity contribution < 1.29 is 4.79 Å². The number of carbonyl (C=O) groups is 1. The van der Waals surface area contributed by atoms with Gasteiger partial charge in [-0.25, -0.2) is 4.98 Å². The number of thioether (sulfide) groups is 1. The number of H-pyrrole nitrogens is 1. The van der Waals surface area contributed by atoms with Crippen LogP contribution in [0.15, 0.2) is 46.3 Å². The molecule has 0 saturated heterocycles. The predicted octanol–water partition coefficient (Wildman–Crippen LogP) is 2.23. The van der Waals surface area contributed by atoms with Gasteiger partial charge in [-0.2, -0.15) is 0 Å². The molecule has 2 N–H and O–H groups in total. The normalized spacial score (nSPS) is 12.2. The van der Waals surface area contributed by atoms with E-state index >= 15 is 0 Å². The average molecular weight is 375 g/mol. The number of nitrogens with zero attached hydrogens (tertiary/aromatic N) is 2. The van der Waals surface area contributed by atoms with E-state index in [-0.39, 0.29) is 23.3 Å². The highest BCUT2D eigenvalue weighted by molar-refractivity contribution is 7.99. The van der Waals surface area contributed by atoms with E-state index in [1.165, 1.54) is 17.8 Å². The lowest BCUT2D eigenvalue weighted by Crippen LogP contribution is -2.35. The van der Waals surface area contributed by atoms with Crippen LogP contribution >= 0.6 is 11.8 Å². The molecular weight excluding hydrogens is 348 g/mol. The van der Waals surface area contributed by atoms with Gasteiger partial charge in [0.2, 0.25) is 5.91 Å². The lowest BCUT2D eigenvalue weighted by atomic mass is 10.1. The lowest BCUT2D eigenvalue weighted by molar-refractivity contribution is -0.118. The number of aryl methyl sites for hydroxylation is 1. The highest BCUT2D eigenvalue weighted by Crippen LogP contribution is 2.17. The summed E-state index contributed by atoms with van der Waals surface area (Å²) in [5.74, 6) is 0.134. The third-order valence-electron chi connectivity index (χ3n) is 3.92. The average Bonchev–Trinajstić information content (AvgIpc) is 2.60. The largest absolute Gasteiger partial charge is 0.353 e. The van der Waals surface area contributed by atoms with Gasteiger partial charge in [0.05, 0.1) is 11.8 Å². The molecule has 26 heavy (non-hydrogen) atoms. The summed E-state index contributed by atoms with van der Waals surface area (Å²) < 4.78 is 0. The Balaban J connectivity index is 1.89. The minimum absolute atomic E-state index is 0.0821. The first-order chi connectivity index (χ1) is 12.5. The van der Waals surface area contributed by atoms with E-state index in [0.717, 1.165) is 24.1 Å². The molecule has 0 aliphatic rings. The van der Waals surface area contributed by atoms with Gasteiger partial charge in [0.15, 0.2) is 5.16 Å². The molecule has 1 aromatic heterocycles. The minimum Gasteiger partial charge on any atom is -0.353 e. The molecular formula is C19H26N4O2S. The van der Waals surface area contributed by atoms with Crippen LogP contribution in [0.25, 0.3) is 0 Å². The number of rotatable bonds is 9. The fourth-order valence-electron chi connectivity index (χ4n) is 2.61. The maximum atomic E-state index is 12.2. The Hall–Kier alpha value is -2.12. The van der Waals surface area contributed by atoms with Crippen LogP contribution < -0.4 is 10.9 Å². The van der Waals surface area contributed by atoms with E-state index < -0.39 is 0 Å². The van der Waals surface area contributed by atoms with E-state index in [2.05, 4.69) is 32.3 Å². The van der Waals surface area contributed by atoms with Crippen molar-refractivity contribution in [1.29, 1.82) is 0 Å². The molecule has 0 bridgehead atoms. The van der Waals surface area contributed by atoms with Gasteiger partial charge < -0.3 is 15.2 Å². The van der Waals surface area contributed by atoms with Crippen molar-refractivity contribution in [2.45, 2.75) is 31.0 Å². The van der Waals surface area contributed by atoms with Crippen LogP contribution in [-0.2, 0) is 11.2 Å². The minimum atomic E-state index is -0.178. The first kappa shape index (κ1) is 20.2. The molecule has 0 spiro atoms. The third kappa shape index (κ3) is 6.31. The van der Waals surface area contributed by atoms with Gasteiger partial charge in [0.1, 0.15) is 0 Å². The quantitative estimate of drug-likeness (QED) is 0.520. The monoisotopic (exact) mass is 374 g/mol. The smallest absolute Gasteiger partial charge is 0.251 e. The number of likely N-dealkylation sites (N-methyl/N-ethyl adjacent to an activating group) is 1. The Morgan fingerprint density at radius 2 is 2.04 bits per heavy atom. The van der Waals surface area contributed by atoms with Crippen LogP contribution in [0.2, 0.25) is 0 Å². The van der Waals surface area contributed by atoms with Crippen molar-refractivity contribution in [1.82, 2.24) is 20.2 Å². The number of aromatic amines is 1. The summed E-state index contributed by atoms with van der Waals surface area (Å²) in [6.45, 7) is 2.56. The molecule has 7 heteroatoms. The Bertz CT molecular complexity index is 762. The van der Waals surface area contributed by atoms with Crippen LogP contribution in [0.4, 0.5) is 0 Å².